The molecule has 4 aromatic carbocycles. The SMILES string of the molecule is Cc1cccc2c(O)cc3c(c12)[C@H](CCl)CN3C(=O)c1ccc2[nH]c(C(=O)Nc3ccc(N)cc3)nc2c1. The van der Waals surface area contributed by atoms with Crippen LogP contribution in [0.5, 0.6) is 5.75 Å². The van der Waals surface area contributed by atoms with Crippen molar-refractivity contribution in [2.24, 2.45) is 0 Å². The summed E-state index contributed by atoms with van der Waals surface area (Å²) in [5.74, 6) is -0.121. The van der Waals surface area contributed by atoms with E-state index in [4.69, 9.17) is 17.3 Å². The zero-order valence-corrected chi connectivity index (χ0v) is 21.2. The fourth-order valence-electron chi connectivity index (χ4n) is 5.18. The second-order valence-electron chi connectivity index (χ2n) is 9.49. The molecule has 1 atom stereocenters. The second kappa shape index (κ2) is 9.08. The fraction of sp³-hybridized carbons (Fsp3) is 0.138. The summed E-state index contributed by atoms with van der Waals surface area (Å²) >= 11 is 6.36. The smallest absolute Gasteiger partial charge is 0.291 e. The van der Waals surface area contributed by atoms with Crippen molar-refractivity contribution in [2.75, 3.05) is 28.4 Å². The van der Waals surface area contributed by atoms with Crippen LogP contribution < -0.4 is 16.0 Å². The fourth-order valence-corrected chi connectivity index (χ4v) is 5.43. The minimum atomic E-state index is -0.407. The molecule has 0 bridgehead atoms. The Hall–Kier alpha value is -4.56. The van der Waals surface area contributed by atoms with E-state index in [0.29, 0.717) is 46.1 Å². The number of carbonyl (C=O) groups is 2. The molecule has 0 fully saturated rings. The third kappa shape index (κ3) is 3.90. The number of fused-ring (bicyclic) bond motifs is 4. The van der Waals surface area contributed by atoms with Gasteiger partial charge in [0.05, 0.1) is 16.7 Å². The number of nitrogens with zero attached hydrogens (tertiary/aromatic N) is 2. The van der Waals surface area contributed by atoms with Crippen molar-refractivity contribution >= 4 is 62.3 Å². The Morgan fingerprint density at radius 2 is 1.95 bits per heavy atom. The zero-order chi connectivity index (χ0) is 26.6. The highest BCUT2D eigenvalue weighted by Crippen LogP contribution is 2.46. The molecule has 2 amide bonds. The Morgan fingerprint density at radius 3 is 2.71 bits per heavy atom. The van der Waals surface area contributed by atoms with E-state index in [2.05, 4.69) is 15.3 Å². The van der Waals surface area contributed by atoms with Gasteiger partial charge in [-0.3, -0.25) is 9.59 Å². The third-order valence-electron chi connectivity index (χ3n) is 7.01. The van der Waals surface area contributed by atoms with Gasteiger partial charge in [-0.2, -0.15) is 0 Å². The highest BCUT2D eigenvalue weighted by atomic mass is 35.5. The van der Waals surface area contributed by atoms with Gasteiger partial charge in [-0.25, -0.2) is 4.98 Å². The molecule has 8 nitrogen and oxygen atoms in total. The molecule has 190 valence electrons. The predicted molar refractivity (Wildman–Crippen MR) is 150 cm³/mol. The van der Waals surface area contributed by atoms with Gasteiger partial charge >= 0.3 is 0 Å². The normalized spacial score (nSPS) is 14.7. The van der Waals surface area contributed by atoms with E-state index in [0.717, 1.165) is 21.9 Å². The summed E-state index contributed by atoms with van der Waals surface area (Å²) in [5.41, 5.74) is 11.1. The zero-order valence-electron chi connectivity index (χ0n) is 20.5. The Balaban J connectivity index is 1.33. The Morgan fingerprint density at radius 1 is 1.16 bits per heavy atom. The number of H-pyrrole nitrogens is 1. The molecule has 0 unspecified atom stereocenters. The number of halogens is 1. The van der Waals surface area contributed by atoms with Crippen molar-refractivity contribution in [1.29, 1.82) is 0 Å². The molecule has 1 aromatic heterocycles. The maximum Gasteiger partial charge on any atom is 0.291 e. The van der Waals surface area contributed by atoms with Gasteiger partial charge in [0.25, 0.3) is 11.8 Å². The molecule has 5 aromatic rings. The number of nitrogen functional groups attached to an aromatic ring is 1. The number of nitrogens with two attached hydrogens (primary N) is 1. The van der Waals surface area contributed by atoms with E-state index in [1.807, 2.05) is 25.1 Å². The van der Waals surface area contributed by atoms with E-state index in [9.17, 15) is 14.7 Å². The monoisotopic (exact) mass is 525 g/mol. The number of imidazole rings is 1. The lowest BCUT2D eigenvalue weighted by molar-refractivity contribution is 0.0986. The number of rotatable bonds is 4. The highest BCUT2D eigenvalue weighted by Gasteiger charge is 2.35. The first kappa shape index (κ1) is 23.8. The number of phenolic OH excluding ortho intramolecular Hbond substituents is 1. The van der Waals surface area contributed by atoms with E-state index in [-0.39, 0.29) is 23.4 Å². The highest BCUT2D eigenvalue weighted by molar-refractivity contribution is 6.19. The largest absolute Gasteiger partial charge is 0.507 e. The molecular weight excluding hydrogens is 502 g/mol. The van der Waals surface area contributed by atoms with Crippen LogP contribution in [0.15, 0.2) is 66.7 Å². The van der Waals surface area contributed by atoms with Gasteiger partial charge in [0.2, 0.25) is 0 Å². The van der Waals surface area contributed by atoms with Crippen LogP contribution in [-0.2, 0) is 0 Å². The molecule has 0 spiro atoms. The number of hydrogen-bond acceptors (Lipinski definition) is 5. The number of alkyl halides is 1. The first-order valence-electron chi connectivity index (χ1n) is 12.1. The summed E-state index contributed by atoms with van der Waals surface area (Å²) < 4.78 is 0. The Labute approximate surface area is 223 Å². The van der Waals surface area contributed by atoms with Crippen LogP contribution in [0.1, 0.15) is 38.0 Å². The molecule has 1 aliphatic heterocycles. The Bertz CT molecular complexity index is 1750. The van der Waals surface area contributed by atoms with Crippen molar-refractivity contribution < 1.29 is 14.7 Å². The number of amides is 2. The number of nitrogens with one attached hydrogen (secondary N) is 2. The minimum Gasteiger partial charge on any atom is -0.507 e. The lowest BCUT2D eigenvalue weighted by Crippen LogP contribution is -2.30. The Kier molecular flexibility index (Phi) is 5.69. The van der Waals surface area contributed by atoms with Crippen LogP contribution in [-0.4, -0.2) is 39.3 Å². The maximum atomic E-state index is 13.7. The number of aromatic nitrogens is 2. The summed E-state index contributed by atoms with van der Waals surface area (Å²) in [6.45, 7) is 2.39. The number of phenols is 1. The standard InChI is InChI=1S/C29H24ClN5O3/c1-15-3-2-4-20-24(36)12-23-26(25(15)20)17(13-30)14-35(23)29(38)16-5-10-21-22(11-16)34-27(33-21)28(37)32-19-8-6-18(31)7-9-19/h2-12,17,36H,13-14,31H2,1H3,(H,32,37)(H,33,34)/t17-/m1/s1. The van der Waals surface area contributed by atoms with Crippen LogP contribution in [0.3, 0.4) is 0 Å². The summed E-state index contributed by atoms with van der Waals surface area (Å²) in [6, 6.07) is 19.3. The summed E-state index contributed by atoms with van der Waals surface area (Å²) in [6.07, 6.45) is 0. The van der Waals surface area contributed by atoms with E-state index in [1.165, 1.54) is 0 Å². The molecule has 0 radical (unpaired) electrons. The maximum absolute atomic E-state index is 13.7. The van der Waals surface area contributed by atoms with E-state index >= 15 is 0 Å². The lowest BCUT2D eigenvalue weighted by Gasteiger charge is -2.19. The lowest BCUT2D eigenvalue weighted by atomic mass is 9.92. The topological polar surface area (TPSA) is 124 Å². The van der Waals surface area contributed by atoms with Gasteiger partial charge in [0.1, 0.15) is 5.75 Å². The summed E-state index contributed by atoms with van der Waals surface area (Å²) in [5, 5.41) is 15.2. The van der Waals surface area contributed by atoms with Gasteiger partial charge in [0.15, 0.2) is 5.82 Å². The molecule has 6 rings (SSSR count). The number of hydrogen-bond donors (Lipinski definition) is 4. The number of carbonyl (C=O) groups excluding carboxylic acids is 2. The van der Waals surface area contributed by atoms with E-state index in [1.54, 1.807) is 53.4 Å². The van der Waals surface area contributed by atoms with E-state index < -0.39 is 5.91 Å². The quantitative estimate of drug-likeness (QED) is 0.181. The van der Waals surface area contributed by atoms with Crippen molar-refractivity contribution in [1.82, 2.24) is 9.97 Å². The van der Waals surface area contributed by atoms with Gasteiger partial charge in [-0.05, 0) is 65.9 Å². The molecule has 0 aliphatic carbocycles. The number of anilines is 3. The first-order valence-corrected chi connectivity index (χ1v) is 12.7. The molecule has 9 heteroatoms. The second-order valence-corrected chi connectivity index (χ2v) is 9.80. The van der Waals surface area contributed by atoms with Gasteiger partial charge in [-0.15, -0.1) is 11.6 Å². The van der Waals surface area contributed by atoms with Gasteiger partial charge in [-0.1, -0.05) is 18.2 Å². The van der Waals surface area contributed by atoms with Crippen molar-refractivity contribution in [3.8, 4) is 5.75 Å². The van der Waals surface area contributed by atoms with Crippen LogP contribution in [0, 0.1) is 6.92 Å². The van der Waals surface area contributed by atoms with Crippen molar-refractivity contribution in [3.05, 3.63) is 89.2 Å². The van der Waals surface area contributed by atoms with Crippen LogP contribution in [0.2, 0.25) is 0 Å². The van der Waals surface area contributed by atoms with Crippen LogP contribution in [0.4, 0.5) is 17.1 Å². The molecule has 2 heterocycles. The average molecular weight is 526 g/mol. The number of benzene rings is 4. The van der Waals surface area contributed by atoms with Gasteiger partial charge in [0, 0.05) is 46.7 Å². The van der Waals surface area contributed by atoms with Crippen LogP contribution in [0.25, 0.3) is 21.8 Å². The molecular formula is C29H24ClN5O3. The average Bonchev–Trinajstić information content (AvgIpc) is 3.51. The van der Waals surface area contributed by atoms with Crippen molar-refractivity contribution in [3.63, 3.8) is 0 Å². The predicted octanol–water partition coefficient (Wildman–Crippen LogP) is 5.55. The molecule has 0 saturated carbocycles. The first-order chi connectivity index (χ1) is 18.3. The molecule has 5 N–H and O–H groups in total. The number of aromatic amines is 1. The minimum absolute atomic E-state index is 0.0717. The third-order valence-corrected chi connectivity index (χ3v) is 7.39. The summed E-state index contributed by atoms with van der Waals surface area (Å²) in [4.78, 5) is 35.5. The van der Waals surface area contributed by atoms with Gasteiger partial charge < -0.3 is 26.0 Å². The molecule has 1 aliphatic rings. The molecule has 38 heavy (non-hydrogen) atoms. The number of aryl methyl sites for hydroxylation is 1. The summed E-state index contributed by atoms with van der Waals surface area (Å²) in [7, 11) is 0. The van der Waals surface area contributed by atoms with Crippen LogP contribution >= 0.6 is 11.6 Å². The number of aromatic hydroxyl groups is 1. The molecule has 0 saturated heterocycles. The van der Waals surface area contributed by atoms with Crippen molar-refractivity contribution in [2.45, 2.75) is 12.8 Å².